The van der Waals surface area contributed by atoms with Crippen LogP contribution in [0.3, 0.4) is 0 Å². The van der Waals surface area contributed by atoms with Crippen LogP contribution < -0.4 is 15.5 Å². The predicted octanol–water partition coefficient (Wildman–Crippen LogP) is 2.51. The van der Waals surface area contributed by atoms with Crippen molar-refractivity contribution in [3.8, 4) is 0 Å². The second-order valence-corrected chi connectivity index (χ2v) is 8.80. The number of carbonyl (C=O) groups is 3. The lowest BCUT2D eigenvalue weighted by atomic mass is 10.1. The highest BCUT2D eigenvalue weighted by Crippen LogP contribution is 2.30. The first-order valence-electron chi connectivity index (χ1n) is 11.8. The van der Waals surface area contributed by atoms with E-state index in [0.717, 1.165) is 31.9 Å². The fourth-order valence-electron chi connectivity index (χ4n) is 4.17. The highest BCUT2D eigenvalue weighted by molar-refractivity contribution is 6.14. The number of halogens is 4. The Kier molecular flexibility index (Phi) is 7.90. The van der Waals surface area contributed by atoms with Gasteiger partial charge < -0.3 is 30.1 Å². The van der Waals surface area contributed by atoms with Gasteiger partial charge in [-0.3, -0.25) is 14.3 Å². The van der Waals surface area contributed by atoms with Crippen LogP contribution >= 0.6 is 0 Å². The van der Waals surface area contributed by atoms with Crippen LogP contribution in [0.25, 0.3) is 16.6 Å². The first kappa shape index (κ1) is 28.3. The van der Waals surface area contributed by atoms with E-state index in [9.17, 15) is 32.3 Å². The summed E-state index contributed by atoms with van der Waals surface area (Å²) in [6.07, 6.45) is -0.175. The smallest absolute Gasteiger partial charge is 0.480 e. The molecule has 0 saturated carbocycles. The minimum absolute atomic E-state index is 0.181. The minimum atomic E-state index is -5.08. The average molecular weight is 565 g/mol. The Morgan fingerprint density at radius 1 is 1.10 bits per heavy atom. The van der Waals surface area contributed by atoms with Crippen LogP contribution in [-0.4, -0.2) is 79.6 Å². The number of carboxylic acids is 2. The zero-order chi connectivity index (χ0) is 29.2. The van der Waals surface area contributed by atoms with Gasteiger partial charge in [-0.25, -0.2) is 14.2 Å². The van der Waals surface area contributed by atoms with E-state index in [-0.39, 0.29) is 23.4 Å². The van der Waals surface area contributed by atoms with Crippen molar-refractivity contribution in [1.29, 1.82) is 0 Å². The molecular weight excluding hydrogens is 542 g/mol. The third-order valence-electron chi connectivity index (χ3n) is 5.83. The van der Waals surface area contributed by atoms with E-state index in [1.54, 1.807) is 31.6 Å². The van der Waals surface area contributed by atoms with Crippen molar-refractivity contribution in [3.63, 3.8) is 0 Å². The van der Waals surface area contributed by atoms with Crippen LogP contribution in [0, 0.1) is 12.7 Å². The number of nitrogens with zero attached hydrogens (tertiary/aromatic N) is 5. The largest absolute Gasteiger partial charge is 0.490 e. The number of aromatic nitrogens is 4. The SMILES string of the molecule is Cc1cn2cc(NC(=O)c3ccc(N4CCNCC4)c4cn(CC(=O)O)nc34)cc(F)c2n1.O=C(O)C(F)(F)F. The molecule has 16 heteroatoms. The van der Waals surface area contributed by atoms with E-state index in [4.69, 9.17) is 9.90 Å². The van der Waals surface area contributed by atoms with Crippen molar-refractivity contribution < 1.29 is 42.2 Å². The summed E-state index contributed by atoms with van der Waals surface area (Å²) in [4.78, 5) is 39.6. The molecule has 0 unspecified atom stereocenters. The van der Waals surface area contributed by atoms with E-state index in [1.165, 1.54) is 15.1 Å². The number of amides is 1. The molecule has 0 spiro atoms. The average Bonchev–Trinajstić information content (AvgIpc) is 3.46. The molecule has 4 N–H and O–H groups in total. The molecule has 12 nitrogen and oxygen atoms in total. The monoisotopic (exact) mass is 565 g/mol. The van der Waals surface area contributed by atoms with Gasteiger partial charge in [0.05, 0.1) is 16.9 Å². The van der Waals surface area contributed by atoms with Crippen molar-refractivity contribution in [3.05, 3.63) is 53.9 Å². The molecule has 40 heavy (non-hydrogen) atoms. The van der Waals surface area contributed by atoms with Gasteiger partial charge in [-0.2, -0.15) is 18.3 Å². The number of aryl methyl sites for hydroxylation is 1. The molecule has 1 aliphatic rings. The Morgan fingerprint density at radius 2 is 1.77 bits per heavy atom. The molecule has 1 amide bonds. The topological polar surface area (TPSA) is 154 Å². The molecule has 4 heterocycles. The lowest BCUT2D eigenvalue weighted by molar-refractivity contribution is -0.192. The molecule has 5 rings (SSSR count). The van der Waals surface area contributed by atoms with Gasteiger partial charge in [0, 0.05) is 61.9 Å². The Bertz CT molecular complexity index is 1590. The van der Waals surface area contributed by atoms with Crippen LogP contribution in [0.4, 0.5) is 28.9 Å². The number of carbonyl (C=O) groups excluding carboxylic acids is 1. The molecule has 0 radical (unpaired) electrons. The van der Waals surface area contributed by atoms with Gasteiger partial charge in [-0.05, 0) is 19.1 Å². The van der Waals surface area contributed by atoms with Crippen molar-refractivity contribution >= 4 is 45.8 Å². The highest BCUT2D eigenvalue weighted by atomic mass is 19.4. The Hall–Kier alpha value is -4.73. The van der Waals surface area contributed by atoms with Crippen molar-refractivity contribution in [2.75, 3.05) is 36.4 Å². The molecule has 3 aromatic heterocycles. The first-order chi connectivity index (χ1) is 18.8. The molecule has 1 aromatic carbocycles. The zero-order valence-electron chi connectivity index (χ0n) is 20.9. The third kappa shape index (κ3) is 6.28. The van der Waals surface area contributed by atoms with Gasteiger partial charge >= 0.3 is 18.1 Å². The van der Waals surface area contributed by atoms with Gasteiger partial charge in [0.25, 0.3) is 5.91 Å². The second kappa shape index (κ2) is 11.2. The number of nitrogens with one attached hydrogen (secondary N) is 2. The van der Waals surface area contributed by atoms with E-state index >= 15 is 0 Å². The quantitative estimate of drug-likeness (QED) is 0.267. The molecule has 4 aromatic rings. The van der Waals surface area contributed by atoms with Crippen LogP contribution in [0.5, 0.6) is 0 Å². The second-order valence-electron chi connectivity index (χ2n) is 8.80. The van der Waals surface area contributed by atoms with Crippen molar-refractivity contribution in [1.82, 2.24) is 24.5 Å². The number of hydrogen-bond donors (Lipinski definition) is 4. The number of pyridine rings is 1. The summed E-state index contributed by atoms with van der Waals surface area (Å²) >= 11 is 0. The fraction of sp³-hybridized carbons (Fsp3) is 0.292. The van der Waals surface area contributed by atoms with Crippen LogP contribution in [0.1, 0.15) is 16.1 Å². The standard InChI is InChI=1S/C22H22FN7O3.C2HF3O2/c1-13-9-29-10-14(8-17(23)21(29)25-13)26-22(33)15-2-3-18(28-6-4-24-5-7-28)16-11-30(12-19(31)32)27-20(15)16;3-2(4,5)1(6)7/h2-3,8-11,24H,4-7,12H2,1H3,(H,26,33)(H,31,32);(H,6,7). The number of imidazole rings is 1. The molecule has 0 aliphatic carbocycles. The van der Waals surface area contributed by atoms with E-state index in [2.05, 4.69) is 25.6 Å². The molecule has 1 aliphatic heterocycles. The molecule has 1 saturated heterocycles. The number of piperazine rings is 1. The van der Waals surface area contributed by atoms with Gasteiger partial charge in [0.2, 0.25) is 0 Å². The Labute approximate surface area is 222 Å². The summed E-state index contributed by atoms with van der Waals surface area (Å²) in [5.41, 5.74) is 2.67. The third-order valence-corrected chi connectivity index (χ3v) is 5.83. The number of hydrogen-bond acceptors (Lipinski definition) is 7. The number of anilines is 2. The maximum absolute atomic E-state index is 14.4. The lowest BCUT2D eigenvalue weighted by Gasteiger charge is -2.30. The predicted molar refractivity (Wildman–Crippen MR) is 134 cm³/mol. The number of benzene rings is 1. The Morgan fingerprint density at radius 3 is 2.40 bits per heavy atom. The number of aliphatic carboxylic acids is 2. The summed E-state index contributed by atoms with van der Waals surface area (Å²) in [5.74, 6) is -4.81. The highest BCUT2D eigenvalue weighted by Gasteiger charge is 2.38. The van der Waals surface area contributed by atoms with E-state index < -0.39 is 29.8 Å². The van der Waals surface area contributed by atoms with Crippen LogP contribution in [0.15, 0.2) is 36.8 Å². The molecule has 0 bridgehead atoms. The minimum Gasteiger partial charge on any atom is -0.480 e. The van der Waals surface area contributed by atoms with Gasteiger partial charge in [0.15, 0.2) is 11.5 Å². The summed E-state index contributed by atoms with van der Waals surface area (Å²) in [5, 5.41) is 27.4. The Balaban J connectivity index is 0.000000470. The number of rotatable bonds is 5. The number of fused-ring (bicyclic) bond motifs is 2. The van der Waals surface area contributed by atoms with Crippen molar-refractivity contribution in [2.24, 2.45) is 0 Å². The van der Waals surface area contributed by atoms with Crippen LogP contribution in [0.2, 0.25) is 0 Å². The molecule has 212 valence electrons. The fourth-order valence-corrected chi connectivity index (χ4v) is 4.17. The van der Waals surface area contributed by atoms with Gasteiger partial charge in [-0.1, -0.05) is 0 Å². The number of alkyl halides is 3. The number of carboxylic acid groups (broad SMARTS) is 2. The zero-order valence-corrected chi connectivity index (χ0v) is 20.9. The first-order valence-corrected chi connectivity index (χ1v) is 11.8. The maximum atomic E-state index is 14.4. The van der Waals surface area contributed by atoms with E-state index in [0.29, 0.717) is 16.6 Å². The molecule has 0 atom stereocenters. The van der Waals surface area contributed by atoms with Crippen molar-refractivity contribution in [2.45, 2.75) is 19.6 Å². The molecule has 1 fully saturated rings. The summed E-state index contributed by atoms with van der Waals surface area (Å²) in [6, 6.07) is 4.73. The lowest BCUT2D eigenvalue weighted by Crippen LogP contribution is -2.43. The maximum Gasteiger partial charge on any atom is 0.490 e. The van der Waals surface area contributed by atoms with Crippen LogP contribution in [-0.2, 0) is 16.1 Å². The summed E-state index contributed by atoms with van der Waals surface area (Å²) in [7, 11) is 0. The molecular formula is C24H23F4N7O5. The summed E-state index contributed by atoms with van der Waals surface area (Å²) < 4.78 is 49.0. The van der Waals surface area contributed by atoms with Gasteiger partial charge in [-0.15, -0.1) is 0 Å². The summed E-state index contributed by atoms with van der Waals surface area (Å²) in [6.45, 7) is 4.67. The normalized spacial score (nSPS) is 13.7. The van der Waals surface area contributed by atoms with Gasteiger partial charge in [0.1, 0.15) is 12.1 Å². The van der Waals surface area contributed by atoms with E-state index in [1.807, 2.05) is 6.07 Å².